The van der Waals surface area contributed by atoms with Crippen LogP contribution in [0.4, 0.5) is 0 Å². The van der Waals surface area contributed by atoms with E-state index in [1.54, 1.807) is 0 Å². The maximum absolute atomic E-state index is 5.88. The van der Waals surface area contributed by atoms with E-state index in [0.717, 1.165) is 0 Å². The van der Waals surface area contributed by atoms with Crippen LogP contribution in [-0.2, 0) is 0 Å². The first kappa shape index (κ1) is 13.7. The zero-order valence-electron chi connectivity index (χ0n) is 7.70. The fourth-order valence-corrected chi connectivity index (χ4v) is 8.83. The number of alkyl halides is 4. The minimum Gasteiger partial charge on any atom is -0.110 e. The standard InChI is InChI=1S/C8H12Cl4Si2/c9-6(10)13-8(14-7(11)12)4-2-1-3-5-8/h6-7H,1-5H2. The van der Waals surface area contributed by atoms with Crippen LogP contribution in [0.1, 0.15) is 32.1 Å². The molecule has 1 aliphatic carbocycles. The number of hydrogen-bond acceptors (Lipinski definition) is 0. The van der Waals surface area contributed by atoms with Crippen molar-refractivity contribution in [3.8, 4) is 0 Å². The molecule has 1 fully saturated rings. The van der Waals surface area contributed by atoms with Crippen molar-refractivity contribution in [1.82, 2.24) is 0 Å². The van der Waals surface area contributed by atoms with Crippen LogP contribution < -0.4 is 0 Å². The van der Waals surface area contributed by atoms with Crippen molar-refractivity contribution in [2.24, 2.45) is 0 Å². The van der Waals surface area contributed by atoms with E-state index in [-0.39, 0.29) is 13.6 Å². The van der Waals surface area contributed by atoms with Gasteiger partial charge in [0, 0.05) is 0 Å². The van der Waals surface area contributed by atoms with E-state index < -0.39 is 0 Å². The van der Waals surface area contributed by atoms with E-state index in [0.29, 0.717) is 19.0 Å². The molecule has 1 aliphatic rings. The third kappa shape index (κ3) is 4.62. The fraction of sp³-hybridized carbons (Fsp3) is 1.00. The Hall–Kier alpha value is 1.59. The summed E-state index contributed by atoms with van der Waals surface area (Å²) in [5.41, 5.74) is 0. The van der Waals surface area contributed by atoms with E-state index >= 15 is 0 Å². The lowest BCUT2D eigenvalue weighted by atomic mass is 9.99. The topological polar surface area (TPSA) is 0 Å². The molecule has 0 amide bonds. The summed E-state index contributed by atoms with van der Waals surface area (Å²) in [5, 5.41) is 0. The number of halogens is 4. The quantitative estimate of drug-likeness (QED) is 0.544. The van der Waals surface area contributed by atoms with Crippen molar-refractivity contribution in [1.29, 1.82) is 0 Å². The molecule has 0 nitrogen and oxygen atoms in total. The zero-order chi connectivity index (χ0) is 10.6. The van der Waals surface area contributed by atoms with Crippen LogP contribution in [-0.4, -0.2) is 28.0 Å². The molecule has 0 unspecified atom stereocenters. The molecule has 0 bridgehead atoms. The molecule has 4 radical (unpaired) electrons. The van der Waals surface area contributed by atoms with Gasteiger partial charge in [0.2, 0.25) is 0 Å². The summed E-state index contributed by atoms with van der Waals surface area (Å²) < 4.78 is -0.263. The summed E-state index contributed by atoms with van der Waals surface area (Å²) >= 11 is 23.5. The normalized spacial score (nSPS) is 21.9. The molecule has 6 heteroatoms. The van der Waals surface area contributed by atoms with Crippen LogP contribution in [0.3, 0.4) is 0 Å². The van der Waals surface area contributed by atoms with Crippen molar-refractivity contribution >= 4 is 65.4 Å². The summed E-state index contributed by atoms with van der Waals surface area (Å²) in [5.74, 6) is 0. The van der Waals surface area contributed by atoms with Crippen LogP contribution in [0.5, 0.6) is 0 Å². The van der Waals surface area contributed by atoms with E-state index in [9.17, 15) is 0 Å². The second-order valence-electron chi connectivity index (χ2n) is 3.53. The highest BCUT2D eigenvalue weighted by Gasteiger charge is 2.36. The van der Waals surface area contributed by atoms with Crippen molar-refractivity contribution < 1.29 is 0 Å². The highest BCUT2D eigenvalue weighted by Crippen LogP contribution is 2.43. The molecule has 0 atom stereocenters. The third-order valence-electron chi connectivity index (χ3n) is 2.48. The molecule has 0 aromatic rings. The van der Waals surface area contributed by atoms with Gasteiger partial charge in [-0.15, -0.1) is 46.4 Å². The van der Waals surface area contributed by atoms with Crippen molar-refractivity contribution in [2.45, 2.75) is 45.7 Å². The monoisotopic (exact) mass is 304 g/mol. The predicted molar refractivity (Wildman–Crippen MR) is 68.3 cm³/mol. The number of rotatable bonds is 4. The highest BCUT2D eigenvalue weighted by atomic mass is 35.5. The maximum atomic E-state index is 5.88. The van der Waals surface area contributed by atoms with Crippen molar-refractivity contribution in [2.75, 3.05) is 0 Å². The van der Waals surface area contributed by atoms with Crippen LogP contribution in [0, 0.1) is 0 Å². The third-order valence-corrected chi connectivity index (χ3v) is 7.19. The molecule has 0 heterocycles. The van der Waals surface area contributed by atoms with E-state index in [4.69, 9.17) is 46.4 Å². The average molecular weight is 306 g/mol. The van der Waals surface area contributed by atoms with Crippen molar-refractivity contribution in [3.05, 3.63) is 0 Å². The van der Waals surface area contributed by atoms with Gasteiger partial charge in [-0.1, -0.05) is 32.1 Å². The molecular weight excluding hydrogens is 294 g/mol. The van der Waals surface area contributed by atoms with Gasteiger partial charge in [-0.3, -0.25) is 0 Å². The predicted octanol–water partition coefficient (Wildman–Crippen LogP) is 4.00. The highest BCUT2D eigenvalue weighted by molar-refractivity contribution is 6.82. The Balaban J connectivity index is 2.57. The van der Waals surface area contributed by atoms with Gasteiger partial charge in [0.1, 0.15) is 0 Å². The van der Waals surface area contributed by atoms with Crippen LogP contribution in [0.25, 0.3) is 0 Å². The Morgan fingerprint density at radius 2 is 1.21 bits per heavy atom. The van der Waals surface area contributed by atoms with Gasteiger partial charge in [0.05, 0.1) is 28.0 Å². The lowest BCUT2D eigenvalue weighted by Gasteiger charge is -2.37. The van der Waals surface area contributed by atoms with Crippen molar-refractivity contribution in [3.63, 3.8) is 0 Å². The minimum atomic E-state index is -0.257. The smallest absolute Gasteiger partial charge is 0.0931 e. The Kier molecular flexibility index (Phi) is 6.20. The van der Waals surface area contributed by atoms with Gasteiger partial charge < -0.3 is 0 Å². The maximum Gasteiger partial charge on any atom is 0.0931 e. The number of hydrogen-bond donors (Lipinski definition) is 0. The minimum absolute atomic E-state index is 0.251. The van der Waals surface area contributed by atoms with Gasteiger partial charge in [-0.2, -0.15) is 0 Å². The van der Waals surface area contributed by atoms with E-state index in [1.165, 1.54) is 32.1 Å². The Labute approximate surface area is 111 Å². The molecule has 0 saturated heterocycles. The molecule has 0 N–H and O–H groups in total. The average Bonchev–Trinajstić information content (AvgIpc) is 2.01. The molecule has 14 heavy (non-hydrogen) atoms. The molecule has 0 aromatic heterocycles. The first-order valence-corrected chi connectivity index (χ1v) is 8.56. The van der Waals surface area contributed by atoms with Gasteiger partial charge in [-0.05, 0) is 4.66 Å². The molecule has 80 valence electrons. The molecule has 1 rings (SSSR count). The lowest BCUT2D eigenvalue weighted by molar-refractivity contribution is 0.461. The first-order chi connectivity index (χ1) is 6.54. The molecule has 1 saturated carbocycles. The fourth-order valence-electron chi connectivity index (χ4n) is 1.90. The summed E-state index contributed by atoms with van der Waals surface area (Å²) in [7, 11) is 1.15. The van der Waals surface area contributed by atoms with Crippen LogP contribution >= 0.6 is 46.4 Å². The second kappa shape index (κ2) is 6.36. The molecule has 0 spiro atoms. The summed E-state index contributed by atoms with van der Waals surface area (Å²) in [4.78, 5) is 0. The Bertz CT molecular complexity index is 157. The van der Waals surface area contributed by atoms with Gasteiger partial charge in [0.25, 0.3) is 0 Å². The SMILES string of the molecule is ClC(Cl)[Si]C1([Si]C(Cl)Cl)CCCCC1. The van der Waals surface area contributed by atoms with Gasteiger partial charge in [0.15, 0.2) is 0 Å². The summed E-state index contributed by atoms with van der Waals surface area (Å²) in [6, 6.07) is 0. The van der Waals surface area contributed by atoms with E-state index in [2.05, 4.69) is 0 Å². The second-order valence-corrected chi connectivity index (χ2v) is 11.3. The summed E-state index contributed by atoms with van der Waals surface area (Å²) in [6.07, 6.45) is 6.23. The van der Waals surface area contributed by atoms with Crippen LogP contribution in [0.15, 0.2) is 0 Å². The first-order valence-electron chi connectivity index (χ1n) is 4.66. The van der Waals surface area contributed by atoms with Gasteiger partial charge >= 0.3 is 0 Å². The summed E-state index contributed by atoms with van der Waals surface area (Å²) in [6.45, 7) is 0. The Morgan fingerprint density at radius 3 is 1.57 bits per heavy atom. The molecule has 0 aromatic carbocycles. The van der Waals surface area contributed by atoms with Gasteiger partial charge in [-0.25, -0.2) is 0 Å². The van der Waals surface area contributed by atoms with Crippen LogP contribution in [0.2, 0.25) is 4.66 Å². The van der Waals surface area contributed by atoms with E-state index in [1.807, 2.05) is 0 Å². The largest absolute Gasteiger partial charge is 0.110 e. The molecule has 0 aliphatic heterocycles. The lowest BCUT2D eigenvalue weighted by Crippen LogP contribution is -2.36. The zero-order valence-corrected chi connectivity index (χ0v) is 12.7. The molecular formula is C8H12Cl4Si2. The Morgan fingerprint density at radius 1 is 0.786 bits per heavy atom.